The molecule has 1 heterocycles. The van der Waals surface area contributed by atoms with Crippen LogP contribution in [0.5, 0.6) is 0 Å². The standard InChI is InChI=1S/C13H15NO3S/c1-9-2-3-10(18-9)4-5-11(15)14-8-13(6-7-13)12(16)17/h2-5H,6-8H2,1H3,(H,14,15)(H,16,17)/b5-4+. The van der Waals surface area contributed by atoms with E-state index in [0.29, 0.717) is 12.8 Å². The summed E-state index contributed by atoms with van der Waals surface area (Å²) in [6, 6.07) is 3.94. The molecule has 1 fully saturated rings. The van der Waals surface area contributed by atoms with Gasteiger partial charge in [0.25, 0.3) is 0 Å². The molecule has 0 aliphatic heterocycles. The maximum atomic E-state index is 11.5. The molecular weight excluding hydrogens is 250 g/mol. The van der Waals surface area contributed by atoms with Crippen LogP contribution in [0.3, 0.4) is 0 Å². The number of nitrogens with one attached hydrogen (secondary N) is 1. The number of carbonyl (C=O) groups is 2. The number of carboxylic acids is 1. The first-order valence-electron chi connectivity index (χ1n) is 5.78. The minimum absolute atomic E-state index is 0.217. The van der Waals surface area contributed by atoms with E-state index in [1.54, 1.807) is 17.4 Å². The Bertz CT molecular complexity index is 500. The fourth-order valence-corrected chi connectivity index (χ4v) is 2.41. The summed E-state index contributed by atoms with van der Waals surface area (Å²) in [7, 11) is 0. The van der Waals surface area contributed by atoms with Crippen LogP contribution in [-0.4, -0.2) is 23.5 Å². The number of hydrogen-bond donors (Lipinski definition) is 2. The zero-order valence-corrected chi connectivity index (χ0v) is 10.9. The van der Waals surface area contributed by atoms with Crippen LogP contribution in [0.15, 0.2) is 18.2 Å². The summed E-state index contributed by atoms with van der Waals surface area (Å²) in [5.74, 6) is -1.06. The highest BCUT2D eigenvalue weighted by molar-refractivity contribution is 7.12. The van der Waals surface area contributed by atoms with Gasteiger partial charge in [-0.2, -0.15) is 0 Å². The quantitative estimate of drug-likeness (QED) is 0.801. The van der Waals surface area contributed by atoms with Crippen molar-refractivity contribution in [2.24, 2.45) is 5.41 Å². The third-order valence-electron chi connectivity index (χ3n) is 3.07. The molecule has 2 rings (SSSR count). The van der Waals surface area contributed by atoms with E-state index in [9.17, 15) is 9.59 Å². The number of rotatable bonds is 5. The van der Waals surface area contributed by atoms with Gasteiger partial charge in [-0.1, -0.05) is 0 Å². The molecular formula is C13H15NO3S. The largest absolute Gasteiger partial charge is 0.481 e. The summed E-state index contributed by atoms with van der Waals surface area (Å²) >= 11 is 1.61. The van der Waals surface area contributed by atoms with Gasteiger partial charge in [-0.05, 0) is 38.0 Å². The fraction of sp³-hybridized carbons (Fsp3) is 0.385. The van der Waals surface area contributed by atoms with Crippen molar-refractivity contribution >= 4 is 29.3 Å². The van der Waals surface area contributed by atoms with Gasteiger partial charge in [-0.25, -0.2) is 0 Å². The Kier molecular flexibility index (Phi) is 3.52. The van der Waals surface area contributed by atoms with Gasteiger partial charge in [0.05, 0.1) is 5.41 Å². The van der Waals surface area contributed by atoms with Gasteiger partial charge in [-0.3, -0.25) is 9.59 Å². The number of carbonyl (C=O) groups excluding carboxylic acids is 1. The van der Waals surface area contributed by atoms with Gasteiger partial charge >= 0.3 is 5.97 Å². The molecule has 1 aliphatic rings. The first kappa shape index (κ1) is 12.8. The van der Waals surface area contributed by atoms with Gasteiger partial charge in [-0.15, -0.1) is 11.3 Å². The molecule has 1 saturated carbocycles. The first-order chi connectivity index (χ1) is 8.52. The maximum absolute atomic E-state index is 11.5. The van der Waals surface area contributed by atoms with Crippen molar-refractivity contribution in [3.63, 3.8) is 0 Å². The second-order valence-corrected chi connectivity index (χ2v) is 5.90. The molecule has 1 aliphatic carbocycles. The second-order valence-electron chi connectivity index (χ2n) is 4.59. The average molecular weight is 265 g/mol. The molecule has 2 N–H and O–H groups in total. The molecule has 5 heteroatoms. The molecule has 0 bridgehead atoms. The topological polar surface area (TPSA) is 66.4 Å². The van der Waals surface area contributed by atoms with Crippen molar-refractivity contribution in [2.75, 3.05) is 6.54 Å². The van der Waals surface area contributed by atoms with Crippen LogP contribution in [0.25, 0.3) is 6.08 Å². The lowest BCUT2D eigenvalue weighted by Gasteiger charge is -2.09. The number of thiophene rings is 1. The van der Waals surface area contributed by atoms with E-state index >= 15 is 0 Å². The highest BCUT2D eigenvalue weighted by atomic mass is 32.1. The molecule has 96 valence electrons. The lowest BCUT2D eigenvalue weighted by atomic mass is 10.1. The molecule has 18 heavy (non-hydrogen) atoms. The van der Waals surface area contributed by atoms with Gasteiger partial charge in [0.2, 0.25) is 5.91 Å². The number of aliphatic carboxylic acids is 1. The summed E-state index contributed by atoms with van der Waals surface area (Å²) < 4.78 is 0. The average Bonchev–Trinajstić information content (AvgIpc) is 3.02. The number of aryl methyl sites for hydroxylation is 1. The molecule has 0 atom stereocenters. The predicted molar refractivity (Wildman–Crippen MR) is 70.4 cm³/mol. The Morgan fingerprint density at radius 2 is 2.22 bits per heavy atom. The molecule has 0 saturated heterocycles. The smallest absolute Gasteiger partial charge is 0.311 e. The van der Waals surface area contributed by atoms with Gasteiger partial charge in [0.15, 0.2) is 0 Å². The monoisotopic (exact) mass is 265 g/mol. The second kappa shape index (κ2) is 4.94. The van der Waals surface area contributed by atoms with Gasteiger partial charge < -0.3 is 10.4 Å². The van der Waals surface area contributed by atoms with Crippen molar-refractivity contribution in [1.29, 1.82) is 0 Å². The van der Waals surface area contributed by atoms with Crippen LogP contribution in [0.2, 0.25) is 0 Å². The minimum Gasteiger partial charge on any atom is -0.481 e. The summed E-state index contributed by atoms with van der Waals surface area (Å²) in [6.45, 7) is 2.22. The highest BCUT2D eigenvalue weighted by Gasteiger charge is 2.50. The number of amides is 1. The number of hydrogen-bond acceptors (Lipinski definition) is 3. The maximum Gasteiger partial charge on any atom is 0.311 e. The SMILES string of the molecule is Cc1ccc(/C=C/C(=O)NCC2(C(=O)O)CC2)s1. The van der Waals surface area contributed by atoms with Gasteiger partial charge in [0.1, 0.15) is 0 Å². The lowest BCUT2D eigenvalue weighted by Crippen LogP contribution is -2.33. The van der Waals surface area contributed by atoms with E-state index < -0.39 is 11.4 Å². The molecule has 1 amide bonds. The summed E-state index contributed by atoms with van der Waals surface area (Å²) in [5, 5.41) is 11.6. The van der Waals surface area contributed by atoms with Crippen molar-refractivity contribution in [3.8, 4) is 0 Å². The van der Waals surface area contributed by atoms with E-state index in [1.807, 2.05) is 19.1 Å². The van der Waals surface area contributed by atoms with Crippen LogP contribution in [0.4, 0.5) is 0 Å². The van der Waals surface area contributed by atoms with E-state index in [0.717, 1.165) is 4.88 Å². The van der Waals surface area contributed by atoms with Crippen LogP contribution < -0.4 is 5.32 Å². The minimum atomic E-state index is -0.819. The lowest BCUT2D eigenvalue weighted by molar-refractivity contribution is -0.143. The Balaban J connectivity index is 1.82. The first-order valence-corrected chi connectivity index (χ1v) is 6.59. The Morgan fingerprint density at radius 3 is 2.72 bits per heavy atom. The molecule has 0 aromatic carbocycles. The Labute approximate surface area is 109 Å². The summed E-state index contributed by atoms with van der Waals surface area (Å²) in [5.41, 5.74) is -0.705. The third kappa shape index (κ3) is 2.98. The third-order valence-corrected chi connectivity index (χ3v) is 4.03. The zero-order chi connectivity index (χ0) is 13.2. The van der Waals surface area contributed by atoms with Crippen LogP contribution in [0, 0.1) is 12.3 Å². The summed E-state index contributed by atoms with van der Waals surface area (Å²) in [4.78, 5) is 24.7. The van der Waals surface area contributed by atoms with Crippen molar-refractivity contribution < 1.29 is 14.7 Å². The van der Waals surface area contributed by atoms with E-state index in [2.05, 4.69) is 5.32 Å². The van der Waals surface area contributed by atoms with Crippen molar-refractivity contribution in [2.45, 2.75) is 19.8 Å². The van der Waals surface area contributed by atoms with Crippen molar-refractivity contribution in [1.82, 2.24) is 5.32 Å². The van der Waals surface area contributed by atoms with Crippen LogP contribution >= 0.6 is 11.3 Å². The molecule has 0 radical (unpaired) electrons. The Hall–Kier alpha value is -1.62. The molecule has 0 unspecified atom stereocenters. The van der Waals surface area contributed by atoms with E-state index in [1.165, 1.54) is 11.0 Å². The molecule has 0 spiro atoms. The van der Waals surface area contributed by atoms with Crippen molar-refractivity contribution in [3.05, 3.63) is 28.0 Å². The normalized spacial score (nSPS) is 16.7. The van der Waals surface area contributed by atoms with Crippen LogP contribution in [0.1, 0.15) is 22.6 Å². The van der Waals surface area contributed by atoms with E-state index in [-0.39, 0.29) is 12.5 Å². The predicted octanol–water partition coefficient (Wildman–Crippen LogP) is 2.05. The molecule has 4 nitrogen and oxygen atoms in total. The van der Waals surface area contributed by atoms with Gasteiger partial charge in [0, 0.05) is 22.4 Å². The van der Waals surface area contributed by atoms with E-state index in [4.69, 9.17) is 5.11 Å². The fourth-order valence-electron chi connectivity index (χ4n) is 1.63. The molecule has 1 aromatic rings. The molecule has 1 aromatic heterocycles. The zero-order valence-electron chi connectivity index (χ0n) is 10.1. The highest BCUT2D eigenvalue weighted by Crippen LogP contribution is 2.45. The van der Waals surface area contributed by atoms with Crippen LogP contribution in [-0.2, 0) is 9.59 Å². The summed E-state index contributed by atoms with van der Waals surface area (Å²) in [6.07, 6.45) is 4.49. The Morgan fingerprint density at radius 1 is 1.50 bits per heavy atom. The number of carboxylic acid groups (broad SMARTS) is 1.